The minimum atomic E-state index is -0.978. The van der Waals surface area contributed by atoms with Crippen LogP contribution in [0.15, 0.2) is 84.9 Å². The molecule has 4 heteroatoms. The van der Waals surface area contributed by atoms with Gasteiger partial charge >= 0.3 is 0 Å². The van der Waals surface area contributed by atoms with Crippen LogP contribution in [0.4, 0.5) is 4.39 Å². The highest BCUT2D eigenvalue weighted by atomic mass is 19.1. The van der Waals surface area contributed by atoms with E-state index in [4.69, 9.17) is 0 Å². The van der Waals surface area contributed by atoms with Gasteiger partial charge in [-0.2, -0.15) is 0 Å². The Bertz CT molecular complexity index is 930. The largest absolute Gasteiger partial charge is 0.388 e. The molecule has 1 saturated heterocycles. The minimum Gasteiger partial charge on any atom is -0.388 e. The number of aliphatic hydroxyl groups is 2. The van der Waals surface area contributed by atoms with E-state index in [-0.39, 0.29) is 11.7 Å². The smallest absolute Gasteiger partial charge is 0.123 e. The third-order valence-corrected chi connectivity index (χ3v) is 7.06. The number of piperidine rings is 1. The average molecular weight is 448 g/mol. The summed E-state index contributed by atoms with van der Waals surface area (Å²) in [6.45, 7) is 2.93. The fraction of sp³-hybridized carbons (Fsp3) is 0.379. The molecule has 0 radical (unpaired) electrons. The molecule has 3 aromatic carbocycles. The monoisotopic (exact) mass is 447 g/mol. The Morgan fingerprint density at radius 2 is 1.36 bits per heavy atom. The molecule has 0 aliphatic carbocycles. The Kier molecular flexibility index (Phi) is 7.92. The van der Waals surface area contributed by atoms with Gasteiger partial charge in [0.15, 0.2) is 0 Å². The number of hydrogen-bond donors (Lipinski definition) is 2. The topological polar surface area (TPSA) is 43.7 Å². The van der Waals surface area contributed by atoms with E-state index >= 15 is 0 Å². The summed E-state index contributed by atoms with van der Waals surface area (Å²) in [5.41, 5.74) is 1.72. The molecule has 1 unspecified atom stereocenters. The summed E-state index contributed by atoms with van der Waals surface area (Å²) in [6.07, 6.45) is 3.98. The zero-order chi connectivity index (χ0) is 23.1. The van der Waals surface area contributed by atoms with Crippen molar-refractivity contribution in [3.05, 3.63) is 107 Å². The summed E-state index contributed by atoms with van der Waals surface area (Å²) in [5, 5.41) is 22.3. The first kappa shape index (κ1) is 23.6. The number of rotatable bonds is 9. The lowest BCUT2D eigenvalue weighted by atomic mass is 9.72. The molecule has 3 nitrogen and oxygen atoms in total. The second-order valence-corrected chi connectivity index (χ2v) is 9.18. The Labute approximate surface area is 196 Å². The summed E-state index contributed by atoms with van der Waals surface area (Å²) in [4.78, 5) is 2.47. The maximum atomic E-state index is 13.1. The van der Waals surface area contributed by atoms with Gasteiger partial charge in [-0.05, 0) is 86.5 Å². The molecule has 1 fully saturated rings. The van der Waals surface area contributed by atoms with E-state index in [1.165, 1.54) is 12.1 Å². The summed E-state index contributed by atoms with van der Waals surface area (Å²) >= 11 is 0. The first-order valence-corrected chi connectivity index (χ1v) is 12.1. The van der Waals surface area contributed by atoms with Crippen molar-refractivity contribution in [3.63, 3.8) is 0 Å². The molecule has 0 bridgehead atoms. The first-order valence-electron chi connectivity index (χ1n) is 12.1. The Morgan fingerprint density at radius 3 is 1.91 bits per heavy atom. The lowest BCUT2D eigenvalue weighted by Gasteiger charge is -2.42. The maximum absolute atomic E-state index is 13.1. The van der Waals surface area contributed by atoms with Crippen molar-refractivity contribution < 1.29 is 14.6 Å². The highest BCUT2D eigenvalue weighted by molar-refractivity contribution is 5.37. The molecule has 174 valence electrons. The van der Waals surface area contributed by atoms with Gasteiger partial charge in [0.2, 0.25) is 0 Å². The predicted molar refractivity (Wildman–Crippen MR) is 130 cm³/mol. The molecule has 2 N–H and O–H groups in total. The van der Waals surface area contributed by atoms with Crippen LogP contribution < -0.4 is 0 Å². The number of nitrogens with zero attached hydrogens (tertiary/aromatic N) is 1. The molecular formula is C29H34FNO2. The molecule has 33 heavy (non-hydrogen) atoms. The molecule has 0 spiro atoms. The summed E-state index contributed by atoms with van der Waals surface area (Å²) in [7, 11) is 0. The molecule has 0 aromatic heterocycles. The van der Waals surface area contributed by atoms with Crippen LogP contribution in [-0.4, -0.2) is 34.7 Å². The van der Waals surface area contributed by atoms with Crippen LogP contribution >= 0.6 is 0 Å². The third kappa shape index (κ3) is 5.70. The van der Waals surface area contributed by atoms with Crippen molar-refractivity contribution >= 4 is 0 Å². The molecule has 4 rings (SSSR count). The van der Waals surface area contributed by atoms with Gasteiger partial charge in [-0.1, -0.05) is 72.8 Å². The van der Waals surface area contributed by atoms with Crippen molar-refractivity contribution in [1.29, 1.82) is 0 Å². The molecule has 0 saturated carbocycles. The fourth-order valence-corrected chi connectivity index (χ4v) is 5.12. The van der Waals surface area contributed by atoms with Crippen molar-refractivity contribution in [3.8, 4) is 0 Å². The molecule has 1 atom stereocenters. The Balaban J connectivity index is 1.29. The van der Waals surface area contributed by atoms with E-state index in [1.807, 2.05) is 60.7 Å². The number of aliphatic hydroxyl groups excluding tert-OH is 1. The van der Waals surface area contributed by atoms with Crippen LogP contribution in [0.1, 0.15) is 54.9 Å². The van der Waals surface area contributed by atoms with E-state index in [0.717, 1.165) is 62.0 Å². The predicted octanol–water partition coefficient (Wildman–Crippen LogP) is 5.68. The van der Waals surface area contributed by atoms with E-state index in [0.29, 0.717) is 6.42 Å². The van der Waals surface area contributed by atoms with Gasteiger partial charge in [0.25, 0.3) is 0 Å². The second-order valence-electron chi connectivity index (χ2n) is 9.18. The third-order valence-electron chi connectivity index (χ3n) is 7.06. The Morgan fingerprint density at radius 1 is 0.818 bits per heavy atom. The summed E-state index contributed by atoms with van der Waals surface area (Å²) < 4.78 is 13.1. The molecule has 1 aliphatic heterocycles. The highest BCUT2D eigenvalue weighted by Gasteiger charge is 2.41. The standard InChI is InChI=1S/C29H34FNO2/c30-27-16-14-23(15-17-27)28(32)13-7-8-20-31-21-18-26(19-22-31)29(33,24-9-3-1-4-10-24)25-11-5-2-6-12-25/h1-6,9-12,14-17,26,28,32-33H,7-8,13,18-22H2. The van der Waals surface area contributed by atoms with E-state index in [1.54, 1.807) is 12.1 Å². The van der Waals surface area contributed by atoms with Crippen LogP contribution in [0, 0.1) is 11.7 Å². The fourth-order valence-electron chi connectivity index (χ4n) is 5.12. The van der Waals surface area contributed by atoms with Gasteiger partial charge in [0, 0.05) is 0 Å². The summed E-state index contributed by atoms with van der Waals surface area (Å²) in [5.74, 6) is -0.111. The number of hydrogen-bond acceptors (Lipinski definition) is 3. The zero-order valence-electron chi connectivity index (χ0n) is 19.1. The lowest BCUT2D eigenvalue weighted by molar-refractivity contribution is -0.0144. The van der Waals surface area contributed by atoms with Gasteiger partial charge in [-0.3, -0.25) is 0 Å². The van der Waals surface area contributed by atoms with E-state index in [2.05, 4.69) is 4.90 Å². The van der Waals surface area contributed by atoms with Gasteiger partial charge < -0.3 is 15.1 Å². The van der Waals surface area contributed by atoms with Crippen molar-refractivity contribution in [2.75, 3.05) is 19.6 Å². The van der Waals surface area contributed by atoms with Gasteiger partial charge in [-0.25, -0.2) is 4.39 Å². The first-order chi connectivity index (χ1) is 16.1. The number of halogens is 1. The highest BCUT2D eigenvalue weighted by Crippen LogP contribution is 2.41. The molecule has 3 aromatic rings. The Hall–Kier alpha value is -2.53. The van der Waals surface area contributed by atoms with E-state index < -0.39 is 11.7 Å². The molecule has 0 amide bonds. The van der Waals surface area contributed by atoms with Crippen molar-refractivity contribution in [2.45, 2.75) is 43.8 Å². The van der Waals surface area contributed by atoms with Crippen LogP contribution in [0.3, 0.4) is 0 Å². The number of likely N-dealkylation sites (tertiary alicyclic amines) is 1. The maximum Gasteiger partial charge on any atom is 0.123 e. The van der Waals surface area contributed by atoms with Gasteiger partial charge in [0.05, 0.1) is 6.10 Å². The average Bonchev–Trinajstić information content (AvgIpc) is 2.88. The van der Waals surface area contributed by atoms with Gasteiger partial charge in [-0.15, -0.1) is 0 Å². The molecular weight excluding hydrogens is 413 g/mol. The lowest BCUT2D eigenvalue weighted by Crippen LogP contribution is -2.44. The van der Waals surface area contributed by atoms with Crippen LogP contribution in [-0.2, 0) is 5.60 Å². The molecule has 1 heterocycles. The second kappa shape index (κ2) is 11.1. The minimum absolute atomic E-state index is 0.166. The number of benzene rings is 3. The zero-order valence-corrected chi connectivity index (χ0v) is 19.1. The van der Waals surface area contributed by atoms with Gasteiger partial charge in [0.1, 0.15) is 11.4 Å². The number of unbranched alkanes of at least 4 members (excludes halogenated alkanes) is 1. The van der Waals surface area contributed by atoms with Crippen LogP contribution in [0.5, 0.6) is 0 Å². The SMILES string of the molecule is OC(CCCCN1CCC(C(O)(c2ccccc2)c2ccccc2)CC1)c1ccc(F)cc1. The normalized spacial score (nSPS) is 16.6. The summed E-state index contributed by atoms with van der Waals surface area (Å²) in [6, 6.07) is 26.2. The quantitative estimate of drug-likeness (QED) is 0.415. The van der Waals surface area contributed by atoms with Crippen molar-refractivity contribution in [1.82, 2.24) is 4.90 Å². The van der Waals surface area contributed by atoms with E-state index in [9.17, 15) is 14.6 Å². The van der Waals surface area contributed by atoms with Crippen LogP contribution in [0.25, 0.3) is 0 Å². The van der Waals surface area contributed by atoms with Crippen molar-refractivity contribution in [2.24, 2.45) is 5.92 Å². The molecule has 1 aliphatic rings. The van der Waals surface area contributed by atoms with Crippen LogP contribution in [0.2, 0.25) is 0 Å².